The van der Waals surface area contributed by atoms with Gasteiger partial charge in [-0.1, -0.05) is 28.1 Å². The number of nitrogens with zero attached hydrogens (tertiary/aromatic N) is 3. The predicted octanol–water partition coefficient (Wildman–Crippen LogP) is 3.10. The molecule has 0 radical (unpaired) electrons. The van der Waals surface area contributed by atoms with Crippen LogP contribution in [0.3, 0.4) is 0 Å². The highest BCUT2D eigenvalue weighted by Gasteiger charge is 2.19. The first-order chi connectivity index (χ1) is 9.58. The van der Waals surface area contributed by atoms with Crippen LogP contribution in [-0.2, 0) is 7.05 Å². The molecule has 20 heavy (non-hydrogen) atoms. The zero-order chi connectivity index (χ0) is 14.3. The van der Waals surface area contributed by atoms with E-state index in [9.17, 15) is 9.90 Å². The van der Waals surface area contributed by atoms with Crippen LogP contribution in [0.25, 0.3) is 22.2 Å². The lowest BCUT2D eigenvalue weighted by Crippen LogP contribution is -1.99. The fraction of sp³-hybridized carbons (Fsp3) is 0.0714. The molecule has 0 spiro atoms. The van der Waals surface area contributed by atoms with Crippen molar-refractivity contribution in [2.75, 3.05) is 0 Å². The number of benzene rings is 1. The Morgan fingerprint density at radius 2 is 2.15 bits per heavy atom. The lowest BCUT2D eigenvalue weighted by Gasteiger charge is -2.04. The van der Waals surface area contributed by atoms with Crippen molar-refractivity contribution in [2.24, 2.45) is 7.05 Å². The Hall–Kier alpha value is -2.21. The third-order valence-corrected chi connectivity index (χ3v) is 3.56. The number of fused-ring (bicyclic) bond motifs is 1. The summed E-state index contributed by atoms with van der Waals surface area (Å²) in [5.41, 5.74) is 2.30. The summed E-state index contributed by atoms with van der Waals surface area (Å²) in [6, 6.07) is 9.50. The molecule has 0 fully saturated rings. The third-order valence-electron chi connectivity index (χ3n) is 3.06. The van der Waals surface area contributed by atoms with E-state index in [2.05, 4.69) is 26.0 Å². The molecule has 2 heterocycles. The Kier molecular flexibility index (Phi) is 3.02. The van der Waals surface area contributed by atoms with Crippen molar-refractivity contribution in [1.82, 2.24) is 14.8 Å². The fourth-order valence-corrected chi connectivity index (χ4v) is 2.62. The highest BCUT2D eigenvalue weighted by molar-refractivity contribution is 9.10. The van der Waals surface area contributed by atoms with Crippen molar-refractivity contribution >= 4 is 32.9 Å². The summed E-state index contributed by atoms with van der Waals surface area (Å²) in [5.74, 6) is -1.06. The molecule has 0 aliphatic rings. The number of hydrogen-bond donors (Lipinski definition) is 1. The van der Waals surface area contributed by atoms with Crippen LogP contribution in [-0.4, -0.2) is 25.8 Å². The van der Waals surface area contributed by atoms with Crippen molar-refractivity contribution in [1.29, 1.82) is 0 Å². The molecule has 0 aliphatic carbocycles. The maximum Gasteiger partial charge on any atom is 0.357 e. The predicted molar refractivity (Wildman–Crippen MR) is 78.6 cm³/mol. The molecule has 2 aromatic heterocycles. The maximum atomic E-state index is 11.4. The van der Waals surface area contributed by atoms with Crippen LogP contribution in [0.15, 0.2) is 41.0 Å². The van der Waals surface area contributed by atoms with E-state index < -0.39 is 5.97 Å². The number of aryl methyl sites for hydroxylation is 1. The Balaban J connectivity index is 2.39. The molecule has 0 unspecified atom stereocenters. The molecule has 6 heteroatoms. The Labute approximate surface area is 123 Å². The van der Waals surface area contributed by atoms with E-state index in [-0.39, 0.29) is 5.69 Å². The van der Waals surface area contributed by atoms with Crippen LogP contribution in [0.4, 0.5) is 0 Å². The second-order valence-electron chi connectivity index (χ2n) is 4.34. The van der Waals surface area contributed by atoms with Gasteiger partial charge in [-0.2, -0.15) is 5.10 Å². The quantitative estimate of drug-likeness (QED) is 0.783. The van der Waals surface area contributed by atoms with E-state index >= 15 is 0 Å². The zero-order valence-electron chi connectivity index (χ0n) is 10.5. The summed E-state index contributed by atoms with van der Waals surface area (Å²) in [4.78, 5) is 15.6. The van der Waals surface area contributed by atoms with Crippen molar-refractivity contribution in [3.05, 3.63) is 46.7 Å². The normalized spacial score (nSPS) is 10.9. The Morgan fingerprint density at radius 3 is 2.85 bits per heavy atom. The maximum absolute atomic E-state index is 11.4. The molecule has 0 bridgehead atoms. The number of halogens is 1. The van der Waals surface area contributed by atoms with Crippen molar-refractivity contribution < 1.29 is 9.90 Å². The lowest BCUT2D eigenvalue weighted by atomic mass is 10.0. The number of aromatic nitrogens is 3. The minimum atomic E-state index is -1.06. The topological polar surface area (TPSA) is 68.0 Å². The average Bonchev–Trinajstić information content (AvgIpc) is 2.77. The SMILES string of the molecule is Cn1nc(C(=O)O)c2c(-c3cccc(Br)c3)ccnc21. The first kappa shape index (κ1) is 12.8. The van der Waals surface area contributed by atoms with Gasteiger partial charge < -0.3 is 5.11 Å². The molecule has 0 saturated carbocycles. The lowest BCUT2D eigenvalue weighted by molar-refractivity contribution is 0.0691. The van der Waals surface area contributed by atoms with E-state index in [1.54, 1.807) is 19.3 Å². The van der Waals surface area contributed by atoms with Gasteiger partial charge in [-0.15, -0.1) is 0 Å². The average molecular weight is 332 g/mol. The smallest absolute Gasteiger partial charge is 0.357 e. The first-order valence-corrected chi connectivity index (χ1v) is 6.68. The molecular weight excluding hydrogens is 322 g/mol. The molecular formula is C14H10BrN3O2. The number of hydrogen-bond acceptors (Lipinski definition) is 3. The van der Waals surface area contributed by atoms with Gasteiger partial charge >= 0.3 is 5.97 Å². The molecule has 3 aromatic rings. The van der Waals surface area contributed by atoms with Gasteiger partial charge in [0.25, 0.3) is 0 Å². The largest absolute Gasteiger partial charge is 0.476 e. The van der Waals surface area contributed by atoms with Gasteiger partial charge in [-0.05, 0) is 29.3 Å². The van der Waals surface area contributed by atoms with Crippen LogP contribution in [0.2, 0.25) is 0 Å². The standard InChI is InChI=1S/C14H10BrN3O2/c1-18-13-11(12(17-18)14(19)20)10(5-6-16-13)8-3-2-4-9(15)7-8/h2-7H,1H3,(H,19,20). The fourth-order valence-electron chi connectivity index (χ4n) is 2.22. The molecule has 0 aliphatic heterocycles. The highest BCUT2D eigenvalue weighted by Crippen LogP contribution is 2.31. The van der Waals surface area contributed by atoms with Gasteiger partial charge in [0.2, 0.25) is 0 Å². The van der Waals surface area contributed by atoms with E-state index in [1.807, 2.05) is 24.3 Å². The number of rotatable bonds is 2. The second-order valence-corrected chi connectivity index (χ2v) is 5.26. The molecule has 0 saturated heterocycles. The van der Waals surface area contributed by atoms with Gasteiger partial charge in [0.1, 0.15) is 0 Å². The van der Waals surface area contributed by atoms with Gasteiger partial charge in [0, 0.05) is 17.7 Å². The first-order valence-electron chi connectivity index (χ1n) is 5.89. The number of carboxylic acids is 1. The van der Waals surface area contributed by atoms with Crippen LogP contribution in [0.5, 0.6) is 0 Å². The summed E-state index contributed by atoms with van der Waals surface area (Å²) in [7, 11) is 1.69. The van der Waals surface area contributed by atoms with Crippen LogP contribution in [0.1, 0.15) is 10.5 Å². The minimum absolute atomic E-state index is 0.0191. The molecule has 3 rings (SSSR count). The van der Waals surface area contributed by atoms with Crippen molar-refractivity contribution in [2.45, 2.75) is 0 Å². The number of carboxylic acid groups (broad SMARTS) is 1. The van der Waals surface area contributed by atoms with Gasteiger partial charge in [0.15, 0.2) is 11.3 Å². The van der Waals surface area contributed by atoms with Gasteiger partial charge in [-0.3, -0.25) is 0 Å². The number of pyridine rings is 1. The number of aromatic carboxylic acids is 1. The van der Waals surface area contributed by atoms with E-state index in [0.717, 1.165) is 15.6 Å². The summed E-state index contributed by atoms with van der Waals surface area (Å²) in [5, 5.41) is 13.9. The van der Waals surface area contributed by atoms with Crippen molar-refractivity contribution in [3.8, 4) is 11.1 Å². The van der Waals surface area contributed by atoms with E-state index in [0.29, 0.717) is 11.0 Å². The molecule has 1 N–H and O–H groups in total. The molecule has 0 amide bonds. The summed E-state index contributed by atoms with van der Waals surface area (Å²) in [6.45, 7) is 0. The summed E-state index contributed by atoms with van der Waals surface area (Å²) >= 11 is 3.42. The van der Waals surface area contributed by atoms with E-state index in [1.165, 1.54) is 4.68 Å². The zero-order valence-corrected chi connectivity index (χ0v) is 12.1. The van der Waals surface area contributed by atoms with Gasteiger partial charge in [0.05, 0.1) is 5.39 Å². The Morgan fingerprint density at radius 1 is 1.35 bits per heavy atom. The Bertz CT molecular complexity index is 826. The van der Waals surface area contributed by atoms with Crippen LogP contribution in [0, 0.1) is 0 Å². The summed E-state index contributed by atoms with van der Waals surface area (Å²) < 4.78 is 2.42. The highest BCUT2D eigenvalue weighted by atomic mass is 79.9. The monoisotopic (exact) mass is 331 g/mol. The molecule has 5 nitrogen and oxygen atoms in total. The summed E-state index contributed by atoms with van der Waals surface area (Å²) in [6.07, 6.45) is 1.66. The minimum Gasteiger partial charge on any atom is -0.476 e. The second kappa shape index (κ2) is 4.72. The molecule has 1 aromatic carbocycles. The van der Waals surface area contributed by atoms with Gasteiger partial charge in [-0.25, -0.2) is 14.5 Å². The third kappa shape index (κ3) is 1.98. The van der Waals surface area contributed by atoms with Crippen LogP contribution >= 0.6 is 15.9 Å². The number of carbonyl (C=O) groups is 1. The van der Waals surface area contributed by atoms with Crippen molar-refractivity contribution in [3.63, 3.8) is 0 Å². The molecule has 100 valence electrons. The molecule has 0 atom stereocenters. The van der Waals surface area contributed by atoms with E-state index in [4.69, 9.17) is 0 Å². The van der Waals surface area contributed by atoms with Crippen LogP contribution < -0.4 is 0 Å².